The zero-order chi connectivity index (χ0) is 21.8. The van der Waals surface area contributed by atoms with E-state index in [0.29, 0.717) is 32.5 Å². The predicted molar refractivity (Wildman–Crippen MR) is 120 cm³/mol. The molecule has 0 unspecified atom stereocenters. The Morgan fingerprint density at radius 2 is 1.58 bits per heavy atom. The lowest BCUT2D eigenvalue weighted by molar-refractivity contribution is 0.0854. The topological polar surface area (TPSA) is 67.2 Å². The summed E-state index contributed by atoms with van der Waals surface area (Å²) in [6, 6.07) is 19.3. The molecule has 6 nitrogen and oxygen atoms in total. The SMILES string of the molecule is Cc1nn(-c2ccccc2)c(C)c1CNC(=O)N1CCC(C(=O)c2ccccc2)CC1. The molecule has 2 amide bonds. The Kier molecular flexibility index (Phi) is 6.16. The van der Waals surface area contributed by atoms with Gasteiger partial charge in [0.1, 0.15) is 0 Å². The van der Waals surface area contributed by atoms with E-state index in [-0.39, 0.29) is 17.7 Å². The number of hydrogen-bond donors (Lipinski definition) is 1. The molecule has 0 bridgehead atoms. The summed E-state index contributed by atoms with van der Waals surface area (Å²) < 4.78 is 1.91. The number of aromatic nitrogens is 2. The summed E-state index contributed by atoms with van der Waals surface area (Å²) in [5.74, 6) is 0.167. The molecule has 1 fully saturated rings. The lowest BCUT2D eigenvalue weighted by atomic mass is 9.89. The first kappa shape index (κ1) is 20.8. The molecule has 6 heteroatoms. The average molecular weight is 417 g/mol. The smallest absolute Gasteiger partial charge is 0.317 e. The van der Waals surface area contributed by atoms with Crippen molar-refractivity contribution < 1.29 is 9.59 Å². The van der Waals surface area contributed by atoms with Crippen LogP contribution in [-0.4, -0.2) is 39.6 Å². The third-order valence-corrected chi connectivity index (χ3v) is 6.07. The van der Waals surface area contributed by atoms with Crippen molar-refractivity contribution in [1.29, 1.82) is 0 Å². The van der Waals surface area contributed by atoms with Crippen molar-refractivity contribution in [3.8, 4) is 5.69 Å². The molecule has 1 aromatic heterocycles. The fraction of sp³-hybridized carbons (Fsp3) is 0.320. The van der Waals surface area contributed by atoms with E-state index in [2.05, 4.69) is 10.4 Å². The maximum Gasteiger partial charge on any atom is 0.317 e. The van der Waals surface area contributed by atoms with Gasteiger partial charge in [-0.1, -0.05) is 48.5 Å². The van der Waals surface area contributed by atoms with Crippen LogP contribution in [-0.2, 0) is 6.54 Å². The number of Topliss-reactive ketones (excluding diaryl/α,β-unsaturated/α-hetero) is 1. The Bertz CT molecular complexity index is 1050. The van der Waals surface area contributed by atoms with Gasteiger partial charge in [0, 0.05) is 42.4 Å². The van der Waals surface area contributed by atoms with Gasteiger partial charge in [-0.05, 0) is 38.8 Å². The van der Waals surface area contributed by atoms with Crippen LogP contribution in [0.25, 0.3) is 5.69 Å². The van der Waals surface area contributed by atoms with Crippen LogP contribution in [0.4, 0.5) is 4.79 Å². The number of carbonyl (C=O) groups is 2. The number of benzene rings is 2. The second kappa shape index (κ2) is 9.16. The number of urea groups is 1. The van der Waals surface area contributed by atoms with Crippen LogP contribution in [0.15, 0.2) is 60.7 Å². The third kappa shape index (κ3) is 4.53. The van der Waals surface area contributed by atoms with E-state index >= 15 is 0 Å². The number of amides is 2. The van der Waals surface area contributed by atoms with Gasteiger partial charge in [0.15, 0.2) is 5.78 Å². The number of piperidine rings is 1. The van der Waals surface area contributed by atoms with Gasteiger partial charge < -0.3 is 10.2 Å². The Balaban J connectivity index is 1.33. The number of aryl methyl sites for hydroxylation is 1. The number of hydrogen-bond acceptors (Lipinski definition) is 3. The second-order valence-corrected chi connectivity index (χ2v) is 8.05. The zero-order valence-electron chi connectivity index (χ0n) is 18.0. The first-order chi connectivity index (χ1) is 15.0. The van der Waals surface area contributed by atoms with Crippen LogP contribution in [0, 0.1) is 19.8 Å². The maximum absolute atomic E-state index is 12.7. The van der Waals surface area contributed by atoms with Gasteiger partial charge in [-0.3, -0.25) is 4.79 Å². The molecular weight excluding hydrogens is 388 g/mol. The first-order valence-electron chi connectivity index (χ1n) is 10.8. The van der Waals surface area contributed by atoms with Crippen molar-refractivity contribution in [2.45, 2.75) is 33.2 Å². The minimum atomic E-state index is -0.0862. The summed E-state index contributed by atoms with van der Waals surface area (Å²) in [7, 11) is 0. The lowest BCUT2D eigenvalue weighted by Gasteiger charge is -2.31. The summed E-state index contributed by atoms with van der Waals surface area (Å²) in [5.41, 5.74) is 4.73. The van der Waals surface area contributed by atoms with Crippen LogP contribution >= 0.6 is 0 Å². The van der Waals surface area contributed by atoms with Crippen LogP contribution in [0.1, 0.15) is 40.2 Å². The molecule has 1 aliphatic heterocycles. The number of nitrogens with one attached hydrogen (secondary N) is 1. The predicted octanol–water partition coefficient (Wildman–Crippen LogP) is 4.29. The van der Waals surface area contributed by atoms with Crippen LogP contribution in [0.5, 0.6) is 0 Å². The van der Waals surface area contributed by atoms with E-state index in [0.717, 1.165) is 28.2 Å². The minimum Gasteiger partial charge on any atom is -0.334 e. The maximum atomic E-state index is 12.7. The summed E-state index contributed by atoms with van der Waals surface area (Å²) in [6.45, 7) is 5.61. The number of likely N-dealkylation sites (tertiary alicyclic amines) is 1. The highest BCUT2D eigenvalue weighted by Crippen LogP contribution is 2.22. The van der Waals surface area contributed by atoms with E-state index in [1.165, 1.54) is 0 Å². The summed E-state index contributed by atoms with van der Waals surface area (Å²) in [4.78, 5) is 27.2. The molecule has 0 atom stereocenters. The van der Waals surface area contributed by atoms with Crippen molar-refractivity contribution in [2.75, 3.05) is 13.1 Å². The number of ketones is 1. The summed E-state index contributed by atoms with van der Waals surface area (Å²) in [5, 5.41) is 7.68. The Hall–Kier alpha value is -3.41. The normalized spacial score (nSPS) is 14.5. The minimum absolute atomic E-state index is 0.0138. The Labute approximate surface area is 182 Å². The van der Waals surface area contributed by atoms with Crippen LogP contribution in [0.2, 0.25) is 0 Å². The van der Waals surface area contributed by atoms with E-state index in [4.69, 9.17) is 0 Å². The lowest BCUT2D eigenvalue weighted by Crippen LogP contribution is -2.45. The Morgan fingerprint density at radius 3 is 2.23 bits per heavy atom. The molecule has 2 heterocycles. The molecule has 160 valence electrons. The quantitative estimate of drug-likeness (QED) is 0.631. The van der Waals surface area contributed by atoms with E-state index < -0.39 is 0 Å². The van der Waals surface area contributed by atoms with Crippen LogP contribution in [0.3, 0.4) is 0 Å². The van der Waals surface area contributed by atoms with E-state index in [9.17, 15) is 9.59 Å². The van der Waals surface area contributed by atoms with Crippen molar-refractivity contribution in [3.63, 3.8) is 0 Å². The van der Waals surface area contributed by atoms with Gasteiger partial charge in [-0.15, -0.1) is 0 Å². The number of para-hydroxylation sites is 1. The highest BCUT2D eigenvalue weighted by Gasteiger charge is 2.28. The molecular formula is C25H28N4O2. The molecule has 1 N–H and O–H groups in total. The highest BCUT2D eigenvalue weighted by atomic mass is 16.2. The van der Waals surface area contributed by atoms with E-state index in [1.54, 1.807) is 4.90 Å². The number of rotatable bonds is 5. The van der Waals surface area contributed by atoms with Crippen LogP contribution < -0.4 is 5.32 Å². The molecule has 4 rings (SSSR count). The fourth-order valence-corrected chi connectivity index (χ4v) is 4.21. The zero-order valence-corrected chi connectivity index (χ0v) is 18.0. The number of carbonyl (C=O) groups excluding carboxylic acids is 2. The molecule has 0 radical (unpaired) electrons. The Morgan fingerprint density at radius 1 is 0.968 bits per heavy atom. The second-order valence-electron chi connectivity index (χ2n) is 8.05. The van der Waals surface area contributed by atoms with Gasteiger partial charge in [-0.25, -0.2) is 9.48 Å². The number of nitrogens with zero attached hydrogens (tertiary/aromatic N) is 3. The molecule has 0 spiro atoms. The van der Waals surface area contributed by atoms with Crippen molar-refractivity contribution in [3.05, 3.63) is 83.2 Å². The largest absolute Gasteiger partial charge is 0.334 e. The molecule has 1 saturated heterocycles. The fourth-order valence-electron chi connectivity index (χ4n) is 4.21. The van der Waals surface area contributed by atoms with Gasteiger partial charge in [0.25, 0.3) is 0 Å². The molecule has 0 saturated carbocycles. The van der Waals surface area contributed by atoms with Crippen molar-refractivity contribution in [2.24, 2.45) is 5.92 Å². The molecule has 1 aliphatic rings. The molecule has 2 aromatic carbocycles. The monoisotopic (exact) mass is 416 g/mol. The standard InChI is InChI=1S/C25H28N4O2/c1-18-23(19(2)29(27-18)22-11-7-4-8-12-22)17-26-25(31)28-15-13-21(14-16-28)24(30)20-9-5-3-6-10-20/h3-12,21H,13-17H2,1-2H3,(H,26,31). The van der Waals surface area contributed by atoms with Gasteiger partial charge in [0.2, 0.25) is 0 Å². The average Bonchev–Trinajstić information content (AvgIpc) is 3.11. The molecule has 31 heavy (non-hydrogen) atoms. The third-order valence-electron chi connectivity index (χ3n) is 6.07. The molecule has 3 aromatic rings. The van der Waals surface area contributed by atoms with Gasteiger partial charge >= 0.3 is 6.03 Å². The van der Waals surface area contributed by atoms with E-state index in [1.807, 2.05) is 79.2 Å². The van der Waals surface area contributed by atoms with Crippen molar-refractivity contribution in [1.82, 2.24) is 20.0 Å². The summed E-state index contributed by atoms with van der Waals surface area (Å²) in [6.07, 6.45) is 1.40. The highest BCUT2D eigenvalue weighted by molar-refractivity contribution is 5.98. The van der Waals surface area contributed by atoms with Gasteiger partial charge in [0.05, 0.1) is 11.4 Å². The van der Waals surface area contributed by atoms with Gasteiger partial charge in [-0.2, -0.15) is 5.10 Å². The first-order valence-corrected chi connectivity index (χ1v) is 10.8. The van der Waals surface area contributed by atoms with Crippen molar-refractivity contribution >= 4 is 11.8 Å². The molecule has 0 aliphatic carbocycles. The summed E-state index contributed by atoms with van der Waals surface area (Å²) >= 11 is 0.